The fourth-order valence-electron chi connectivity index (χ4n) is 3.33. The van der Waals surface area contributed by atoms with Crippen molar-refractivity contribution in [1.82, 2.24) is 14.5 Å². The number of amides is 1. The van der Waals surface area contributed by atoms with E-state index in [1.54, 1.807) is 6.33 Å². The monoisotopic (exact) mass is 442 g/mol. The Hall–Kier alpha value is -1.60. The minimum absolute atomic E-state index is 0. The lowest BCUT2D eigenvalue weighted by Crippen LogP contribution is -2.44. The largest absolute Gasteiger partial charge is 0.376 e. The van der Waals surface area contributed by atoms with E-state index in [4.69, 9.17) is 10.5 Å². The van der Waals surface area contributed by atoms with E-state index in [1.807, 2.05) is 33.9 Å². The molecule has 1 aliphatic heterocycles. The van der Waals surface area contributed by atoms with Crippen molar-refractivity contribution in [3.8, 4) is 0 Å². The highest BCUT2D eigenvalue weighted by molar-refractivity contribution is 5.85. The van der Waals surface area contributed by atoms with Crippen LogP contribution in [-0.2, 0) is 22.5 Å². The van der Waals surface area contributed by atoms with Gasteiger partial charge in [0.1, 0.15) is 0 Å². The summed E-state index contributed by atoms with van der Waals surface area (Å²) in [4.78, 5) is 18.9. The van der Waals surface area contributed by atoms with E-state index in [0.29, 0.717) is 18.9 Å². The summed E-state index contributed by atoms with van der Waals surface area (Å²) in [7, 11) is 0. The third-order valence-corrected chi connectivity index (χ3v) is 4.76. The predicted octanol–water partition coefficient (Wildman–Crippen LogP) is 2.92. The summed E-state index contributed by atoms with van der Waals surface area (Å²) in [5.74, 6) is 0.492. The van der Waals surface area contributed by atoms with Crippen LogP contribution >= 0.6 is 24.8 Å². The Morgan fingerprint density at radius 3 is 2.69 bits per heavy atom. The summed E-state index contributed by atoms with van der Waals surface area (Å²) in [6.45, 7) is 7.12. The van der Waals surface area contributed by atoms with Crippen LogP contribution in [-0.4, -0.2) is 52.2 Å². The molecule has 2 atom stereocenters. The number of halogens is 2. The van der Waals surface area contributed by atoms with Crippen molar-refractivity contribution < 1.29 is 9.53 Å². The van der Waals surface area contributed by atoms with Crippen LogP contribution in [0, 0.1) is 5.92 Å². The molecule has 1 unspecified atom stereocenters. The third kappa shape index (κ3) is 7.63. The molecule has 0 spiro atoms. The van der Waals surface area contributed by atoms with Gasteiger partial charge in [-0.25, -0.2) is 4.98 Å². The number of nitrogens with two attached hydrogens (primary N) is 1. The number of imidazole rings is 1. The molecule has 1 aliphatic rings. The van der Waals surface area contributed by atoms with Gasteiger partial charge in [-0.15, -0.1) is 24.8 Å². The molecule has 2 N–H and O–H groups in total. The van der Waals surface area contributed by atoms with Crippen molar-refractivity contribution in [3.05, 3.63) is 54.1 Å². The molecule has 6 nitrogen and oxygen atoms in total. The normalized spacial score (nSPS) is 17.0. The number of rotatable bonds is 8. The molecule has 1 aromatic heterocycles. The topological polar surface area (TPSA) is 73.4 Å². The van der Waals surface area contributed by atoms with Crippen LogP contribution in [0.2, 0.25) is 0 Å². The second-order valence-corrected chi connectivity index (χ2v) is 7.76. The number of hydrogen-bond acceptors (Lipinski definition) is 4. The molecule has 3 rings (SSSR count). The first-order chi connectivity index (χ1) is 13.0. The van der Waals surface area contributed by atoms with Crippen LogP contribution in [0.3, 0.4) is 0 Å². The average molecular weight is 443 g/mol. The van der Waals surface area contributed by atoms with Gasteiger partial charge in [0.05, 0.1) is 24.2 Å². The lowest BCUT2D eigenvalue weighted by atomic mass is 10.1. The smallest absolute Gasteiger partial charge is 0.239 e. The van der Waals surface area contributed by atoms with Crippen molar-refractivity contribution in [2.24, 2.45) is 11.7 Å². The number of likely N-dealkylation sites (tertiary alicyclic amines) is 1. The van der Waals surface area contributed by atoms with Crippen LogP contribution < -0.4 is 5.73 Å². The Morgan fingerprint density at radius 1 is 1.28 bits per heavy atom. The predicted molar refractivity (Wildman–Crippen MR) is 120 cm³/mol. The van der Waals surface area contributed by atoms with E-state index in [-0.39, 0.29) is 36.8 Å². The minimum atomic E-state index is -0.561. The van der Waals surface area contributed by atoms with Crippen molar-refractivity contribution >= 4 is 30.7 Å². The second-order valence-electron chi connectivity index (χ2n) is 7.76. The van der Waals surface area contributed by atoms with E-state index in [9.17, 15) is 4.79 Å². The number of carbonyl (C=O) groups is 1. The number of carbonyl (C=O) groups excluding carboxylic acids is 1. The first-order valence-electron chi connectivity index (χ1n) is 9.72. The number of nitrogens with zero attached hydrogens (tertiary/aromatic N) is 3. The molecule has 162 valence electrons. The maximum atomic E-state index is 12.6. The molecule has 1 saturated heterocycles. The summed E-state index contributed by atoms with van der Waals surface area (Å²) in [5, 5.41) is 0. The Morgan fingerprint density at radius 2 is 2.00 bits per heavy atom. The van der Waals surface area contributed by atoms with Crippen molar-refractivity contribution in [1.29, 1.82) is 0 Å². The quantitative estimate of drug-likeness (QED) is 0.681. The molecular weight excluding hydrogens is 411 g/mol. The summed E-state index contributed by atoms with van der Waals surface area (Å²) >= 11 is 0. The van der Waals surface area contributed by atoms with Crippen molar-refractivity contribution in [3.63, 3.8) is 0 Å². The van der Waals surface area contributed by atoms with Crippen LogP contribution in [0.4, 0.5) is 0 Å². The molecule has 1 fully saturated rings. The van der Waals surface area contributed by atoms with Gasteiger partial charge in [0.15, 0.2) is 0 Å². The van der Waals surface area contributed by atoms with Crippen LogP contribution in [0.1, 0.15) is 31.5 Å². The van der Waals surface area contributed by atoms with E-state index in [1.165, 1.54) is 5.56 Å². The van der Waals surface area contributed by atoms with E-state index >= 15 is 0 Å². The average Bonchev–Trinajstić information content (AvgIpc) is 3.30. The Balaban J connectivity index is 0.00000210. The van der Waals surface area contributed by atoms with Crippen molar-refractivity contribution in [2.45, 2.75) is 45.4 Å². The Bertz CT molecular complexity index is 739. The Labute approximate surface area is 185 Å². The highest BCUT2D eigenvalue weighted by Crippen LogP contribution is 2.15. The Kier molecular flexibility index (Phi) is 10.7. The molecule has 29 heavy (non-hydrogen) atoms. The first kappa shape index (κ1) is 25.4. The van der Waals surface area contributed by atoms with Gasteiger partial charge in [-0.1, -0.05) is 44.2 Å². The number of aromatic nitrogens is 2. The van der Waals surface area contributed by atoms with Gasteiger partial charge in [-0.05, 0) is 17.9 Å². The maximum Gasteiger partial charge on any atom is 0.239 e. The highest BCUT2D eigenvalue weighted by Gasteiger charge is 2.30. The second kappa shape index (κ2) is 12.2. The summed E-state index contributed by atoms with van der Waals surface area (Å²) in [5.41, 5.74) is 8.24. The fraction of sp³-hybridized carbons (Fsp3) is 0.524. The molecule has 1 aromatic carbocycles. The molecular formula is C21H32Cl2N4O2. The highest BCUT2D eigenvalue weighted by atomic mass is 35.5. The van der Waals surface area contributed by atoms with Gasteiger partial charge >= 0.3 is 0 Å². The lowest BCUT2D eigenvalue weighted by molar-refractivity contribution is -0.132. The molecule has 0 saturated carbocycles. The zero-order chi connectivity index (χ0) is 19.2. The van der Waals surface area contributed by atoms with Crippen molar-refractivity contribution in [2.75, 3.05) is 19.7 Å². The molecule has 0 radical (unpaired) electrons. The zero-order valence-electron chi connectivity index (χ0n) is 17.1. The summed E-state index contributed by atoms with van der Waals surface area (Å²) in [6, 6.07) is 9.66. The van der Waals surface area contributed by atoms with Gasteiger partial charge in [0.25, 0.3) is 0 Å². The first-order valence-corrected chi connectivity index (χ1v) is 9.72. The maximum absolute atomic E-state index is 12.6. The minimum Gasteiger partial charge on any atom is -0.376 e. The molecule has 2 heterocycles. The third-order valence-electron chi connectivity index (χ3n) is 4.76. The zero-order valence-corrected chi connectivity index (χ0v) is 18.7. The van der Waals surface area contributed by atoms with Gasteiger partial charge < -0.3 is 19.9 Å². The lowest BCUT2D eigenvalue weighted by Gasteiger charge is -2.20. The van der Waals surface area contributed by atoms with Gasteiger partial charge in [-0.2, -0.15) is 0 Å². The fourth-order valence-corrected chi connectivity index (χ4v) is 3.33. The van der Waals surface area contributed by atoms with Gasteiger partial charge in [0.2, 0.25) is 5.91 Å². The number of ether oxygens (including phenoxy) is 1. The van der Waals surface area contributed by atoms with Crippen LogP contribution in [0.25, 0.3) is 0 Å². The molecule has 1 amide bonds. The van der Waals surface area contributed by atoms with E-state index in [2.05, 4.69) is 31.0 Å². The molecule has 8 heteroatoms. The van der Waals surface area contributed by atoms with Crippen LogP contribution in [0.5, 0.6) is 0 Å². The molecule has 0 aliphatic carbocycles. The standard InChI is InChI=1S/C21H30N4O2.2ClH/c1-16(2)14-27-19-8-9-25(13-19)21(26)20(22)10-18-12-24(15-23-18)11-17-6-4-3-5-7-17;;/h3-7,12,15-16,19-20H,8-11,13-14,22H2,1-2H3;2*1H/t19?,20-;;/m0../s1. The number of benzene rings is 1. The summed E-state index contributed by atoms with van der Waals surface area (Å²) < 4.78 is 7.87. The summed E-state index contributed by atoms with van der Waals surface area (Å²) in [6.07, 6.45) is 5.24. The number of hydrogen-bond donors (Lipinski definition) is 1. The van der Waals surface area contributed by atoms with Crippen LogP contribution in [0.15, 0.2) is 42.9 Å². The molecule has 0 bridgehead atoms. The van der Waals surface area contributed by atoms with E-state index in [0.717, 1.165) is 31.8 Å². The van der Waals surface area contributed by atoms with Gasteiger partial charge in [-0.3, -0.25) is 4.79 Å². The SMILES string of the molecule is CC(C)COC1CCN(C(=O)[C@@H](N)Cc2cn(Cc3ccccc3)cn2)C1.Cl.Cl. The van der Waals surface area contributed by atoms with Gasteiger partial charge in [0, 0.05) is 38.9 Å². The molecule has 2 aromatic rings. The van der Waals surface area contributed by atoms with E-state index < -0.39 is 6.04 Å².